The second-order valence-electron chi connectivity index (χ2n) is 4.73. The molecule has 2 aromatic rings. The number of hydrogen-bond acceptors (Lipinski definition) is 4. The summed E-state index contributed by atoms with van der Waals surface area (Å²) in [6.45, 7) is 3.92. The molecule has 0 radical (unpaired) electrons. The summed E-state index contributed by atoms with van der Waals surface area (Å²) in [6, 6.07) is 5.78. The van der Waals surface area contributed by atoms with E-state index in [0.29, 0.717) is 16.9 Å². The first-order valence-corrected chi connectivity index (χ1v) is 7.56. The van der Waals surface area contributed by atoms with Crippen LogP contribution in [0.4, 0.5) is 5.69 Å². The van der Waals surface area contributed by atoms with Crippen molar-refractivity contribution in [2.24, 2.45) is 0 Å². The number of nitrogens with zero attached hydrogens (tertiary/aromatic N) is 1. The molecule has 0 aliphatic rings. The molecule has 2 heterocycles. The topological polar surface area (TPSA) is 68.0 Å². The fourth-order valence-corrected chi connectivity index (χ4v) is 2.89. The largest absolute Gasteiger partial charge is 0.397 e. The second-order valence-corrected chi connectivity index (χ2v) is 5.71. The van der Waals surface area contributed by atoms with Crippen molar-refractivity contribution in [2.45, 2.75) is 32.7 Å². The van der Waals surface area contributed by atoms with Gasteiger partial charge < -0.3 is 11.1 Å². The summed E-state index contributed by atoms with van der Waals surface area (Å²) < 4.78 is 0. The Hall–Kier alpha value is -1.88. The number of thiophene rings is 1. The maximum absolute atomic E-state index is 12.4. The van der Waals surface area contributed by atoms with E-state index in [4.69, 9.17) is 5.73 Å². The molecule has 0 aliphatic heterocycles. The highest BCUT2D eigenvalue weighted by Crippen LogP contribution is 2.24. The molecule has 106 valence electrons. The van der Waals surface area contributed by atoms with Crippen LogP contribution in [-0.2, 0) is 0 Å². The van der Waals surface area contributed by atoms with Crippen molar-refractivity contribution >= 4 is 22.9 Å². The van der Waals surface area contributed by atoms with E-state index in [1.807, 2.05) is 18.4 Å². The quantitative estimate of drug-likeness (QED) is 0.887. The van der Waals surface area contributed by atoms with E-state index >= 15 is 0 Å². The van der Waals surface area contributed by atoms with Crippen molar-refractivity contribution in [2.75, 3.05) is 5.73 Å². The van der Waals surface area contributed by atoms with Crippen molar-refractivity contribution in [3.63, 3.8) is 0 Å². The molecular formula is C15H19N3OS. The average molecular weight is 289 g/mol. The van der Waals surface area contributed by atoms with Crippen LogP contribution in [0.25, 0.3) is 0 Å². The number of anilines is 1. The molecule has 0 bridgehead atoms. The average Bonchev–Trinajstić information content (AvgIpc) is 2.95. The van der Waals surface area contributed by atoms with Gasteiger partial charge in [0.15, 0.2) is 0 Å². The Morgan fingerprint density at radius 1 is 1.55 bits per heavy atom. The fraction of sp³-hybridized carbons (Fsp3) is 0.333. The molecule has 0 fully saturated rings. The molecule has 0 saturated heterocycles. The summed E-state index contributed by atoms with van der Waals surface area (Å²) in [5.74, 6) is -0.117. The first-order valence-electron chi connectivity index (χ1n) is 6.68. The highest BCUT2D eigenvalue weighted by Gasteiger charge is 2.17. The van der Waals surface area contributed by atoms with Gasteiger partial charge >= 0.3 is 0 Å². The van der Waals surface area contributed by atoms with E-state index < -0.39 is 0 Å². The summed E-state index contributed by atoms with van der Waals surface area (Å²) in [4.78, 5) is 17.7. The maximum Gasteiger partial charge on any atom is 0.253 e. The van der Waals surface area contributed by atoms with Crippen LogP contribution in [0.15, 0.2) is 29.8 Å². The predicted molar refractivity (Wildman–Crippen MR) is 82.8 cm³/mol. The van der Waals surface area contributed by atoms with Crippen molar-refractivity contribution < 1.29 is 4.79 Å². The Morgan fingerprint density at radius 3 is 3.00 bits per heavy atom. The van der Waals surface area contributed by atoms with Gasteiger partial charge in [-0.2, -0.15) is 0 Å². The second kappa shape index (κ2) is 6.52. The Morgan fingerprint density at radius 2 is 2.35 bits per heavy atom. The molecule has 0 spiro atoms. The van der Waals surface area contributed by atoms with Gasteiger partial charge in [0.1, 0.15) is 0 Å². The number of rotatable bonds is 5. The normalized spacial score (nSPS) is 12.1. The maximum atomic E-state index is 12.4. The Bertz CT molecular complexity index is 581. The first kappa shape index (κ1) is 14.5. The van der Waals surface area contributed by atoms with Crippen molar-refractivity contribution in [3.05, 3.63) is 45.9 Å². The Kier molecular flexibility index (Phi) is 4.74. The fourth-order valence-electron chi connectivity index (χ4n) is 2.08. The summed E-state index contributed by atoms with van der Waals surface area (Å²) in [5.41, 5.74) is 7.45. The molecule has 1 unspecified atom stereocenters. The smallest absolute Gasteiger partial charge is 0.253 e. The van der Waals surface area contributed by atoms with Crippen molar-refractivity contribution in [1.29, 1.82) is 0 Å². The van der Waals surface area contributed by atoms with Crippen LogP contribution >= 0.6 is 11.3 Å². The van der Waals surface area contributed by atoms with E-state index in [2.05, 4.69) is 23.3 Å². The number of pyridine rings is 1. The lowest BCUT2D eigenvalue weighted by Crippen LogP contribution is -2.28. The van der Waals surface area contributed by atoms with Gasteiger partial charge in [0.05, 0.1) is 29.2 Å². The summed E-state index contributed by atoms with van der Waals surface area (Å²) in [6.07, 6.45) is 3.49. The van der Waals surface area contributed by atoms with Crippen LogP contribution in [0.2, 0.25) is 0 Å². The molecule has 3 N–H and O–H groups in total. The monoisotopic (exact) mass is 289 g/mol. The highest BCUT2D eigenvalue weighted by atomic mass is 32.1. The van der Waals surface area contributed by atoms with Gasteiger partial charge in [-0.3, -0.25) is 9.78 Å². The third kappa shape index (κ3) is 3.36. The van der Waals surface area contributed by atoms with E-state index in [1.165, 1.54) is 4.88 Å². The lowest BCUT2D eigenvalue weighted by Gasteiger charge is -2.17. The van der Waals surface area contributed by atoms with Gasteiger partial charge in [-0.05, 0) is 30.9 Å². The molecule has 2 aromatic heterocycles. The molecular weight excluding hydrogens is 270 g/mol. The number of carbonyl (C=O) groups excluding carboxylic acids is 1. The Balaban J connectivity index is 2.18. The highest BCUT2D eigenvalue weighted by molar-refractivity contribution is 7.10. The number of amides is 1. The van der Waals surface area contributed by atoms with Gasteiger partial charge in [-0.15, -0.1) is 11.3 Å². The number of nitrogens with two attached hydrogens (primary N) is 1. The molecule has 0 saturated carbocycles. The number of aryl methyl sites for hydroxylation is 1. The van der Waals surface area contributed by atoms with Crippen molar-refractivity contribution in [1.82, 2.24) is 10.3 Å². The zero-order chi connectivity index (χ0) is 14.5. The molecule has 5 heteroatoms. The third-order valence-corrected chi connectivity index (χ3v) is 4.11. The molecule has 4 nitrogen and oxygen atoms in total. The van der Waals surface area contributed by atoms with E-state index in [1.54, 1.807) is 23.6 Å². The standard InChI is InChI=1S/C15H19N3OS/c1-3-5-13(14-6-4-7-20-14)18-15(19)12-8-11(16)9-17-10(12)2/h4,6-9,13H,3,5,16H2,1-2H3,(H,18,19). The summed E-state index contributed by atoms with van der Waals surface area (Å²) in [5, 5.41) is 5.11. The van der Waals surface area contributed by atoms with E-state index in [-0.39, 0.29) is 11.9 Å². The number of carbonyl (C=O) groups is 1. The summed E-state index contributed by atoms with van der Waals surface area (Å²) >= 11 is 1.66. The minimum absolute atomic E-state index is 0.0494. The minimum atomic E-state index is -0.117. The third-order valence-electron chi connectivity index (χ3n) is 3.12. The SMILES string of the molecule is CCCC(NC(=O)c1cc(N)cnc1C)c1cccs1. The lowest BCUT2D eigenvalue weighted by atomic mass is 10.1. The zero-order valence-electron chi connectivity index (χ0n) is 11.7. The Labute approximate surface area is 123 Å². The number of nitrogen functional groups attached to an aromatic ring is 1. The van der Waals surface area contributed by atoms with Crippen LogP contribution in [0.5, 0.6) is 0 Å². The number of aromatic nitrogens is 1. The van der Waals surface area contributed by atoms with Crippen molar-refractivity contribution in [3.8, 4) is 0 Å². The minimum Gasteiger partial charge on any atom is -0.397 e. The molecule has 1 amide bonds. The van der Waals surface area contributed by atoms with Gasteiger partial charge in [0.25, 0.3) is 5.91 Å². The zero-order valence-corrected chi connectivity index (χ0v) is 12.5. The van der Waals surface area contributed by atoms with Gasteiger partial charge in [0.2, 0.25) is 0 Å². The van der Waals surface area contributed by atoms with Gasteiger partial charge in [-0.25, -0.2) is 0 Å². The molecule has 20 heavy (non-hydrogen) atoms. The number of nitrogens with one attached hydrogen (secondary N) is 1. The molecule has 1 atom stereocenters. The van der Waals surface area contributed by atoms with Crippen LogP contribution < -0.4 is 11.1 Å². The summed E-state index contributed by atoms with van der Waals surface area (Å²) in [7, 11) is 0. The predicted octanol–water partition coefficient (Wildman–Crippen LogP) is 3.30. The first-order chi connectivity index (χ1) is 9.61. The van der Waals surface area contributed by atoms with Crippen LogP contribution in [0, 0.1) is 6.92 Å². The van der Waals surface area contributed by atoms with Crippen LogP contribution in [0.3, 0.4) is 0 Å². The molecule has 0 aliphatic carbocycles. The van der Waals surface area contributed by atoms with E-state index in [0.717, 1.165) is 12.8 Å². The lowest BCUT2D eigenvalue weighted by molar-refractivity contribution is 0.0934. The van der Waals surface area contributed by atoms with Crippen LogP contribution in [0.1, 0.15) is 46.7 Å². The van der Waals surface area contributed by atoms with Crippen LogP contribution in [-0.4, -0.2) is 10.9 Å². The molecule has 2 rings (SSSR count). The molecule has 0 aromatic carbocycles. The number of hydrogen-bond donors (Lipinski definition) is 2. The van der Waals surface area contributed by atoms with Gasteiger partial charge in [0, 0.05) is 4.88 Å². The van der Waals surface area contributed by atoms with E-state index in [9.17, 15) is 4.79 Å². The van der Waals surface area contributed by atoms with Gasteiger partial charge in [-0.1, -0.05) is 19.4 Å².